The quantitative estimate of drug-likeness (QED) is 0.468. The maximum Gasteiger partial charge on any atom is 0.305 e. The van der Waals surface area contributed by atoms with Gasteiger partial charge in [-0.2, -0.15) is 0 Å². The van der Waals surface area contributed by atoms with Crippen LogP contribution in [0.5, 0.6) is 0 Å². The van der Waals surface area contributed by atoms with Crippen LogP contribution >= 0.6 is 0 Å². The summed E-state index contributed by atoms with van der Waals surface area (Å²) < 4.78 is 5.12. The Morgan fingerprint density at radius 3 is 2.24 bits per heavy atom. The minimum atomic E-state index is -0.0608. The highest BCUT2D eigenvalue weighted by Crippen LogP contribution is 2.04. The van der Waals surface area contributed by atoms with E-state index in [1.807, 2.05) is 0 Å². The first-order valence-electron chi connectivity index (χ1n) is 6.50. The molecular weight excluding hydrogens is 212 g/mol. The van der Waals surface area contributed by atoms with Crippen molar-refractivity contribution in [3.63, 3.8) is 0 Å². The molecule has 94 valence electrons. The third-order valence-corrected chi connectivity index (χ3v) is 2.59. The highest BCUT2D eigenvalue weighted by Gasteiger charge is 2.00. The standard InChI is InChI=1S/C15H22O2/c16-15-13-11-9-7-5-3-1-2-4-6-8-10-12-14-17-15/h2-5,8,10H,1,6-7,9,11-14H2/b4-2-,5-3-,10-8-. The van der Waals surface area contributed by atoms with Crippen LogP contribution in [-0.4, -0.2) is 12.6 Å². The van der Waals surface area contributed by atoms with E-state index in [2.05, 4.69) is 36.5 Å². The van der Waals surface area contributed by atoms with Gasteiger partial charge < -0.3 is 4.74 Å². The van der Waals surface area contributed by atoms with Crippen LogP contribution in [0.25, 0.3) is 0 Å². The van der Waals surface area contributed by atoms with Crippen molar-refractivity contribution in [2.24, 2.45) is 0 Å². The number of hydrogen-bond acceptors (Lipinski definition) is 2. The van der Waals surface area contributed by atoms with E-state index in [-0.39, 0.29) is 5.97 Å². The Hall–Kier alpha value is -1.31. The molecule has 0 spiro atoms. The van der Waals surface area contributed by atoms with Gasteiger partial charge in [-0.25, -0.2) is 0 Å². The van der Waals surface area contributed by atoms with Crippen molar-refractivity contribution in [2.75, 3.05) is 6.61 Å². The summed E-state index contributed by atoms with van der Waals surface area (Å²) in [6, 6.07) is 0. The zero-order valence-corrected chi connectivity index (χ0v) is 10.4. The van der Waals surface area contributed by atoms with Gasteiger partial charge in [-0.05, 0) is 38.5 Å². The van der Waals surface area contributed by atoms with Gasteiger partial charge in [0.05, 0.1) is 6.61 Å². The fraction of sp³-hybridized carbons (Fsp3) is 0.533. The van der Waals surface area contributed by atoms with E-state index < -0.39 is 0 Å². The summed E-state index contributed by atoms with van der Waals surface area (Å²) in [6.07, 6.45) is 19.3. The molecule has 0 aromatic rings. The van der Waals surface area contributed by atoms with E-state index in [0.717, 1.165) is 38.5 Å². The molecule has 0 aliphatic carbocycles. The largest absolute Gasteiger partial charge is 0.465 e. The molecule has 0 saturated carbocycles. The summed E-state index contributed by atoms with van der Waals surface area (Å²) in [6.45, 7) is 0.513. The van der Waals surface area contributed by atoms with Crippen LogP contribution < -0.4 is 0 Å². The summed E-state index contributed by atoms with van der Waals surface area (Å²) in [5.74, 6) is -0.0608. The van der Waals surface area contributed by atoms with Gasteiger partial charge in [0.15, 0.2) is 0 Å². The first-order chi connectivity index (χ1) is 8.39. The van der Waals surface area contributed by atoms with E-state index in [0.29, 0.717) is 13.0 Å². The van der Waals surface area contributed by atoms with Crippen molar-refractivity contribution in [1.29, 1.82) is 0 Å². The summed E-state index contributed by atoms with van der Waals surface area (Å²) in [4.78, 5) is 11.3. The van der Waals surface area contributed by atoms with Crippen LogP contribution in [0.2, 0.25) is 0 Å². The number of hydrogen-bond donors (Lipinski definition) is 0. The molecule has 0 amide bonds. The van der Waals surface area contributed by atoms with Crippen molar-refractivity contribution < 1.29 is 9.53 Å². The molecule has 2 nitrogen and oxygen atoms in total. The smallest absolute Gasteiger partial charge is 0.305 e. The summed E-state index contributed by atoms with van der Waals surface area (Å²) in [7, 11) is 0. The van der Waals surface area contributed by atoms with Crippen LogP contribution in [0, 0.1) is 0 Å². The van der Waals surface area contributed by atoms with Crippen molar-refractivity contribution in [3.8, 4) is 0 Å². The van der Waals surface area contributed by atoms with Gasteiger partial charge in [-0.15, -0.1) is 0 Å². The Kier molecular flexibility index (Phi) is 8.00. The molecular formula is C15H22O2. The predicted molar refractivity (Wildman–Crippen MR) is 70.7 cm³/mol. The van der Waals surface area contributed by atoms with Crippen LogP contribution in [0.15, 0.2) is 36.5 Å². The van der Waals surface area contributed by atoms with Gasteiger partial charge in [0.1, 0.15) is 0 Å². The summed E-state index contributed by atoms with van der Waals surface area (Å²) >= 11 is 0. The first-order valence-corrected chi connectivity index (χ1v) is 6.50. The third-order valence-electron chi connectivity index (χ3n) is 2.59. The fourth-order valence-corrected chi connectivity index (χ4v) is 1.62. The van der Waals surface area contributed by atoms with Gasteiger partial charge >= 0.3 is 5.97 Å². The van der Waals surface area contributed by atoms with E-state index in [9.17, 15) is 4.79 Å². The maximum atomic E-state index is 11.3. The number of carbonyl (C=O) groups excluding carboxylic acids is 1. The fourth-order valence-electron chi connectivity index (χ4n) is 1.62. The third kappa shape index (κ3) is 8.49. The molecule has 17 heavy (non-hydrogen) atoms. The topological polar surface area (TPSA) is 26.3 Å². The molecule has 1 heterocycles. The number of cyclic esters (lactones) is 1. The summed E-state index contributed by atoms with van der Waals surface area (Å²) in [5.41, 5.74) is 0. The zero-order valence-electron chi connectivity index (χ0n) is 10.4. The molecule has 0 bridgehead atoms. The Labute approximate surface area is 104 Å². The van der Waals surface area contributed by atoms with Crippen LogP contribution in [-0.2, 0) is 9.53 Å². The van der Waals surface area contributed by atoms with E-state index in [4.69, 9.17) is 4.74 Å². The average Bonchev–Trinajstić information content (AvgIpc) is 2.32. The van der Waals surface area contributed by atoms with Crippen molar-refractivity contribution in [3.05, 3.63) is 36.5 Å². The molecule has 0 unspecified atom stereocenters. The molecule has 0 aromatic heterocycles. The molecule has 1 rings (SSSR count). The monoisotopic (exact) mass is 234 g/mol. The number of allylic oxidation sites excluding steroid dienone is 5. The Balaban J connectivity index is 2.33. The Bertz CT molecular complexity index is 287. The number of carbonyl (C=O) groups is 1. The Morgan fingerprint density at radius 1 is 0.824 bits per heavy atom. The SMILES string of the molecule is O=C1CCCC/C=C\C/C=C\C/C=C\CCO1. The second kappa shape index (κ2) is 9.88. The van der Waals surface area contributed by atoms with Crippen LogP contribution in [0.3, 0.4) is 0 Å². The van der Waals surface area contributed by atoms with E-state index >= 15 is 0 Å². The lowest BCUT2D eigenvalue weighted by atomic mass is 10.2. The lowest BCUT2D eigenvalue weighted by molar-refractivity contribution is -0.143. The first kappa shape index (κ1) is 13.8. The zero-order chi connectivity index (χ0) is 12.2. The molecule has 2 heteroatoms. The minimum absolute atomic E-state index is 0.0608. The highest BCUT2D eigenvalue weighted by molar-refractivity contribution is 5.69. The number of rotatable bonds is 0. The van der Waals surface area contributed by atoms with Crippen molar-refractivity contribution >= 4 is 5.97 Å². The second-order valence-electron chi connectivity index (χ2n) is 4.14. The number of esters is 1. The maximum absolute atomic E-state index is 11.3. The van der Waals surface area contributed by atoms with Crippen molar-refractivity contribution in [1.82, 2.24) is 0 Å². The van der Waals surface area contributed by atoms with Gasteiger partial charge in [0.25, 0.3) is 0 Å². The van der Waals surface area contributed by atoms with Crippen LogP contribution in [0.1, 0.15) is 44.9 Å². The lowest BCUT2D eigenvalue weighted by Gasteiger charge is -2.02. The lowest BCUT2D eigenvalue weighted by Crippen LogP contribution is -2.04. The molecule has 0 radical (unpaired) electrons. The minimum Gasteiger partial charge on any atom is -0.465 e. The van der Waals surface area contributed by atoms with Crippen LogP contribution in [0.4, 0.5) is 0 Å². The normalized spacial score (nSPS) is 25.8. The van der Waals surface area contributed by atoms with E-state index in [1.165, 1.54) is 0 Å². The molecule has 0 aromatic carbocycles. The molecule has 0 atom stereocenters. The van der Waals surface area contributed by atoms with Gasteiger partial charge in [-0.1, -0.05) is 36.5 Å². The molecule has 1 aliphatic rings. The van der Waals surface area contributed by atoms with Crippen molar-refractivity contribution in [2.45, 2.75) is 44.9 Å². The van der Waals surface area contributed by atoms with Gasteiger partial charge in [0, 0.05) is 6.42 Å². The average molecular weight is 234 g/mol. The second-order valence-corrected chi connectivity index (χ2v) is 4.14. The van der Waals surface area contributed by atoms with Gasteiger partial charge in [0.2, 0.25) is 0 Å². The Morgan fingerprint density at radius 2 is 1.47 bits per heavy atom. The number of ether oxygens (including phenoxy) is 1. The molecule has 0 saturated heterocycles. The predicted octanol–water partition coefficient (Wildman–Crippen LogP) is 3.94. The molecule has 1 aliphatic heterocycles. The molecule has 0 N–H and O–H groups in total. The van der Waals surface area contributed by atoms with Gasteiger partial charge in [-0.3, -0.25) is 4.79 Å². The van der Waals surface area contributed by atoms with E-state index in [1.54, 1.807) is 0 Å². The highest BCUT2D eigenvalue weighted by atomic mass is 16.5. The molecule has 0 fully saturated rings. The summed E-state index contributed by atoms with van der Waals surface area (Å²) in [5, 5.41) is 0.